The number of aromatic nitrogens is 3. The molecule has 0 aliphatic carbocycles. The van der Waals surface area contributed by atoms with Crippen LogP contribution in [-0.2, 0) is 6.54 Å². The maximum Gasteiger partial charge on any atom is 0.275 e. The first kappa shape index (κ1) is 12.8. The molecule has 2 heterocycles. The van der Waals surface area contributed by atoms with Crippen LogP contribution in [0.15, 0.2) is 59.5 Å². The van der Waals surface area contributed by atoms with Crippen LogP contribution < -0.4 is 5.56 Å². The van der Waals surface area contributed by atoms with Gasteiger partial charge < -0.3 is 4.57 Å². The minimum atomic E-state index is -0.267. The second-order valence-electron chi connectivity index (χ2n) is 5.22. The molecule has 4 nitrogen and oxygen atoms in total. The summed E-state index contributed by atoms with van der Waals surface area (Å²) in [5.74, 6) is -0.267. The second-order valence-corrected chi connectivity index (χ2v) is 5.22. The van der Waals surface area contributed by atoms with Crippen LogP contribution in [0, 0.1) is 5.82 Å². The summed E-state index contributed by atoms with van der Waals surface area (Å²) < 4.78 is 15.3. The van der Waals surface area contributed by atoms with Crippen molar-refractivity contribution < 1.29 is 4.39 Å². The fraction of sp³-hybridized carbons (Fsp3) is 0.0588. The Kier molecular flexibility index (Phi) is 2.79. The van der Waals surface area contributed by atoms with E-state index in [1.54, 1.807) is 12.3 Å². The lowest BCUT2D eigenvalue weighted by Crippen LogP contribution is -2.07. The van der Waals surface area contributed by atoms with Gasteiger partial charge in [-0.3, -0.25) is 4.79 Å². The molecule has 4 rings (SSSR count). The quantitative estimate of drug-likeness (QED) is 0.617. The van der Waals surface area contributed by atoms with E-state index in [0.717, 1.165) is 16.5 Å². The molecule has 0 spiro atoms. The van der Waals surface area contributed by atoms with Gasteiger partial charge in [-0.15, -0.1) is 0 Å². The summed E-state index contributed by atoms with van der Waals surface area (Å²) in [5.41, 5.74) is 2.77. The van der Waals surface area contributed by atoms with Crippen molar-refractivity contribution in [3.63, 3.8) is 0 Å². The van der Waals surface area contributed by atoms with Gasteiger partial charge in [-0.1, -0.05) is 30.3 Å². The van der Waals surface area contributed by atoms with E-state index >= 15 is 0 Å². The minimum absolute atomic E-state index is 0.214. The Hall–Kier alpha value is -2.95. The summed E-state index contributed by atoms with van der Waals surface area (Å²) in [5, 5.41) is 7.49. The Morgan fingerprint density at radius 3 is 2.86 bits per heavy atom. The summed E-state index contributed by atoms with van der Waals surface area (Å²) in [6.45, 7) is 0.485. The number of hydrogen-bond donors (Lipinski definition) is 1. The summed E-state index contributed by atoms with van der Waals surface area (Å²) in [7, 11) is 0. The number of pyridine rings is 1. The molecule has 108 valence electrons. The average Bonchev–Trinajstić information content (AvgIpc) is 2.89. The number of fused-ring (bicyclic) bond motifs is 3. The van der Waals surface area contributed by atoms with E-state index in [9.17, 15) is 9.18 Å². The highest BCUT2D eigenvalue weighted by Crippen LogP contribution is 2.27. The number of H-pyrrole nitrogens is 1. The number of nitrogens with zero attached hydrogens (tertiary/aromatic N) is 2. The standard InChI is InChI=1S/C17H12FN3O/c18-12-5-3-4-11(8-12)9-21-10-14-16(19-20-17(14)22)13-6-1-2-7-15(13)21/h1-8,10H,9H2,(H,20,22). The van der Waals surface area contributed by atoms with E-state index < -0.39 is 0 Å². The van der Waals surface area contributed by atoms with E-state index in [4.69, 9.17) is 0 Å². The lowest BCUT2D eigenvalue weighted by molar-refractivity contribution is 0.624. The normalized spacial score (nSPS) is 11.3. The SMILES string of the molecule is O=c1[nH]nc2c3ccccc3n(Cc3cccc(F)c3)cc1-2. The highest BCUT2D eigenvalue weighted by Gasteiger charge is 2.16. The summed E-state index contributed by atoms with van der Waals surface area (Å²) in [6, 6.07) is 14.2. The summed E-state index contributed by atoms with van der Waals surface area (Å²) in [4.78, 5) is 11.9. The van der Waals surface area contributed by atoms with Crippen LogP contribution >= 0.6 is 0 Å². The highest BCUT2D eigenvalue weighted by atomic mass is 19.1. The fourth-order valence-electron chi connectivity index (χ4n) is 2.77. The molecule has 0 saturated carbocycles. The highest BCUT2D eigenvalue weighted by molar-refractivity contribution is 5.93. The van der Waals surface area contributed by atoms with Gasteiger partial charge in [-0.25, -0.2) is 9.49 Å². The van der Waals surface area contributed by atoms with Crippen LogP contribution in [0.5, 0.6) is 0 Å². The van der Waals surface area contributed by atoms with Crippen molar-refractivity contribution in [2.24, 2.45) is 0 Å². The Balaban J connectivity index is 1.97. The number of halogens is 1. The molecular weight excluding hydrogens is 281 g/mol. The molecular formula is C17H12FN3O. The first-order chi connectivity index (χ1) is 10.7. The molecule has 0 fully saturated rings. The first-order valence-electron chi connectivity index (χ1n) is 6.93. The van der Waals surface area contributed by atoms with Crippen molar-refractivity contribution >= 4 is 10.9 Å². The molecule has 1 N–H and O–H groups in total. The predicted molar refractivity (Wildman–Crippen MR) is 82.5 cm³/mol. The number of aromatic amines is 1. The van der Waals surface area contributed by atoms with Gasteiger partial charge in [0.2, 0.25) is 0 Å². The predicted octanol–water partition coefficient (Wildman–Crippen LogP) is 3.02. The maximum absolute atomic E-state index is 13.4. The molecule has 0 saturated heterocycles. The van der Waals surface area contributed by atoms with Crippen molar-refractivity contribution in [1.29, 1.82) is 0 Å². The van der Waals surface area contributed by atoms with Gasteiger partial charge in [0.1, 0.15) is 11.5 Å². The van der Waals surface area contributed by atoms with Crippen molar-refractivity contribution in [2.45, 2.75) is 6.54 Å². The molecule has 5 heteroatoms. The Morgan fingerprint density at radius 1 is 1.14 bits per heavy atom. The van der Waals surface area contributed by atoms with Gasteiger partial charge in [-0.05, 0) is 23.8 Å². The third kappa shape index (κ3) is 1.98. The van der Waals surface area contributed by atoms with Gasteiger partial charge in [0.25, 0.3) is 5.56 Å². The van der Waals surface area contributed by atoms with Crippen molar-refractivity contribution in [2.75, 3.05) is 0 Å². The van der Waals surface area contributed by atoms with Crippen LogP contribution in [-0.4, -0.2) is 14.8 Å². The lowest BCUT2D eigenvalue weighted by atomic mass is 10.1. The Labute approximate surface area is 125 Å². The smallest absolute Gasteiger partial charge is 0.275 e. The minimum Gasteiger partial charge on any atom is -0.342 e. The summed E-state index contributed by atoms with van der Waals surface area (Å²) in [6.07, 6.45) is 1.77. The molecule has 0 atom stereocenters. The average molecular weight is 293 g/mol. The van der Waals surface area contributed by atoms with Crippen molar-refractivity contribution in [3.8, 4) is 11.3 Å². The van der Waals surface area contributed by atoms with Crippen LogP contribution in [0.25, 0.3) is 22.2 Å². The monoisotopic (exact) mass is 293 g/mol. The van der Waals surface area contributed by atoms with E-state index in [2.05, 4.69) is 10.2 Å². The van der Waals surface area contributed by atoms with Crippen molar-refractivity contribution in [1.82, 2.24) is 14.8 Å². The molecule has 2 aromatic carbocycles. The molecule has 2 aromatic rings. The number of benzene rings is 2. The molecule has 2 aliphatic heterocycles. The molecule has 0 amide bonds. The number of nitrogens with one attached hydrogen (secondary N) is 1. The molecule has 2 aliphatic rings. The third-order valence-electron chi connectivity index (χ3n) is 3.76. The first-order valence-corrected chi connectivity index (χ1v) is 6.93. The zero-order chi connectivity index (χ0) is 15.1. The van der Waals surface area contributed by atoms with Gasteiger partial charge in [0, 0.05) is 18.1 Å². The van der Waals surface area contributed by atoms with Gasteiger partial charge in [-0.2, -0.15) is 5.10 Å². The molecule has 0 bridgehead atoms. The van der Waals surface area contributed by atoms with Crippen LogP contribution in [0.3, 0.4) is 0 Å². The largest absolute Gasteiger partial charge is 0.342 e. The molecule has 0 radical (unpaired) electrons. The lowest BCUT2D eigenvalue weighted by Gasteiger charge is -2.14. The zero-order valence-corrected chi connectivity index (χ0v) is 11.6. The molecule has 22 heavy (non-hydrogen) atoms. The molecule has 0 aromatic heterocycles. The van der Waals surface area contributed by atoms with E-state index in [1.807, 2.05) is 34.9 Å². The molecule has 0 unspecified atom stereocenters. The van der Waals surface area contributed by atoms with Crippen LogP contribution in [0.1, 0.15) is 5.56 Å². The summed E-state index contributed by atoms with van der Waals surface area (Å²) >= 11 is 0. The fourth-order valence-corrected chi connectivity index (χ4v) is 2.77. The van der Waals surface area contributed by atoms with Gasteiger partial charge >= 0.3 is 0 Å². The Bertz CT molecular complexity index is 1000. The maximum atomic E-state index is 13.4. The van der Waals surface area contributed by atoms with E-state index in [0.29, 0.717) is 17.8 Å². The van der Waals surface area contributed by atoms with E-state index in [1.165, 1.54) is 12.1 Å². The third-order valence-corrected chi connectivity index (χ3v) is 3.76. The zero-order valence-electron chi connectivity index (χ0n) is 11.6. The van der Waals surface area contributed by atoms with Gasteiger partial charge in [0.15, 0.2) is 0 Å². The number of rotatable bonds is 2. The topological polar surface area (TPSA) is 50.7 Å². The number of hydrogen-bond acceptors (Lipinski definition) is 2. The van der Waals surface area contributed by atoms with E-state index in [-0.39, 0.29) is 11.4 Å². The Morgan fingerprint density at radius 2 is 2.00 bits per heavy atom. The number of para-hydroxylation sites is 1. The van der Waals surface area contributed by atoms with Crippen LogP contribution in [0.4, 0.5) is 4.39 Å². The van der Waals surface area contributed by atoms with Crippen molar-refractivity contribution in [3.05, 3.63) is 76.5 Å². The van der Waals surface area contributed by atoms with Crippen LogP contribution in [0.2, 0.25) is 0 Å². The van der Waals surface area contributed by atoms with Gasteiger partial charge in [0.05, 0.1) is 11.1 Å². The second kappa shape index (κ2) is 4.80.